The van der Waals surface area contributed by atoms with Crippen molar-refractivity contribution < 1.29 is 24.0 Å². The van der Waals surface area contributed by atoms with Crippen molar-refractivity contribution in [1.82, 2.24) is 0 Å². The molecule has 1 fully saturated rings. The van der Waals surface area contributed by atoms with Crippen LogP contribution in [0.2, 0.25) is 0 Å². The van der Waals surface area contributed by atoms with Gasteiger partial charge in [0.1, 0.15) is 0 Å². The fraction of sp³-hybridized carbons (Fsp3) is 0.818. The molecule has 1 heterocycles. The molecule has 0 radical (unpaired) electrons. The maximum atomic E-state index is 11.3. The van der Waals surface area contributed by atoms with Crippen LogP contribution in [-0.4, -0.2) is 45.3 Å². The zero-order valence-corrected chi connectivity index (χ0v) is 9.95. The number of ether oxygens (including phenoxy) is 2. The Balaban J connectivity index is 2.26. The number of hydrogen-bond donors (Lipinski definition) is 1. The molecular weight excluding hydrogens is 210 g/mol. The number of carbonyl (C=O) groups is 2. The summed E-state index contributed by atoms with van der Waals surface area (Å²) in [4.78, 5) is 23.7. The molecule has 0 saturated carbocycles. The zero-order valence-electron chi connectivity index (χ0n) is 9.95. The highest BCUT2D eigenvalue weighted by atomic mass is 16.5. The van der Waals surface area contributed by atoms with E-state index in [0.29, 0.717) is 13.2 Å². The van der Waals surface area contributed by atoms with Gasteiger partial charge in [0, 0.05) is 12.8 Å². The third-order valence-corrected chi connectivity index (χ3v) is 2.93. The summed E-state index contributed by atoms with van der Waals surface area (Å²) in [5.74, 6) is -0.278. The highest BCUT2D eigenvalue weighted by Crippen LogP contribution is 2.10. The zero-order chi connectivity index (χ0) is 12.0. The predicted molar refractivity (Wildman–Crippen MR) is 56.9 cm³/mol. The van der Waals surface area contributed by atoms with Crippen LogP contribution in [0.1, 0.15) is 19.8 Å². The van der Waals surface area contributed by atoms with Gasteiger partial charge in [0.25, 0.3) is 0 Å². The van der Waals surface area contributed by atoms with Gasteiger partial charge in [-0.15, -0.1) is 0 Å². The quantitative estimate of drug-likeness (QED) is 0.631. The number of rotatable bonds is 4. The lowest BCUT2D eigenvalue weighted by atomic mass is 9.97. The van der Waals surface area contributed by atoms with E-state index in [0.717, 1.165) is 25.9 Å². The summed E-state index contributed by atoms with van der Waals surface area (Å²) in [6, 6.07) is 0. The largest absolute Gasteiger partial charge is 0.469 e. The molecule has 0 aromatic carbocycles. The third-order valence-electron chi connectivity index (χ3n) is 2.93. The highest BCUT2D eigenvalue weighted by molar-refractivity contribution is 5.72. The number of methoxy groups -OCH3 is 1. The van der Waals surface area contributed by atoms with Crippen molar-refractivity contribution >= 4 is 11.9 Å². The highest BCUT2D eigenvalue weighted by Gasteiger charge is 2.29. The Morgan fingerprint density at radius 3 is 2.44 bits per heavy atom. The van der Waals surface area contributed by atoms with Crippen LogP contribution < -0.4 is 4.90 Å². The number of carbonyl (C=O) groups excluding carboxylic acids is 2. The minimum absolute atomic E-state index is 0.0101. The normalized spacial score (nSPS) is 24.9. The number of likely N-dealkylation sites (tertiary alicyclic amines) is 1. The Morgan fingerprint density at radius 1 is 1.31 bits per heavy atom. The molecular formula is C11H20NO4+. The van der Waals surface area contributed by atoms with Crippen LogP contribution in [-0.2, 0) is 19.1 Å². The fourth-order valence-corrected chi connectivity index (χ4v) is 2.02. The van der Waals surface area contributed by atoms with Crippen LogP contribution in [0, 0.1) is 5.92 Å². The number of hydrogen-bond acceptors (Lipinski definition) is 4. The van der Waals surface area contributed by atoms with Gasteiger partial charge in [-0.1, -0.05) is 0 Å². The first-order chi connectivity index (χ1) is 7.67. The van der Waals surface area contributed by atoms with Crippen LogP contribution in [0.25, 0.3) is 0 Å². The minimum atomic E-state index is -0.158. The summed E-state index contributed by atoms with van der Waals surface area (Å²) in [6.07, 6.45) is 1.59. The second kappa shape index (κ2) is 6.48. The lowest BCUT2D eigenvalue weighted by Gasteiger charge is -2.26. The first-order valence-electron chi connectivity index (χ1n) is 5.74. The summed E-state index contributed by atoms with van der Waals surface area (Å²) < 4.78 is 9.59. The summed E-state index contributed by atoms with van der Waals surface area (Å²) in [5, 5.41) is 0. The van der Waals surface area contributed by atoms with Gasteiger partial charge >= 0.3 is 11.9 Å². The number of quaternary nitrogens is 1. The van der Waals surface area contributed by atoms with E-state index < -0.39 is 0 Å². The van der Waals surface area contributed by atoms with Crippen LogP contribution in [0.3, 0.4) is 0 Å². The lowest BCUT2D eigenvalue weighted by molar-refractivity contribution is -0.898. The molecule has 5 nitrogen and oxygen atoms in total. The molecule has 1 rings (SSSR count). The van der Waals surface area contributed by atoms with E-state index in [4.69, 9.17) is 9.47 Å². The third kappa shape index (κ3) is 3.81. The van der Waals surface area contributed by atoms with Gasteiger partial charge in [-0.25, -0.2) is 4.79 Å². The minimum Gasteiger partial charge on any atom is -0.469 e. The molecule has 0 spiro atoms. The predicted octanol–water partition coefficient (Wildman–Crippen LogP) is -0.983. The standard InChI is InChI=1S/C11H19NO4/c1-3-16-10(13)8-12-6-4-9(5-7-12)11(14)15-2/h9H,3-8H2,1-2H3/p+1. The Hall–Kier alpha value is -1.10. The number of esters is 2. The Morgan fingerprint density at radius 2 is 1.94 bits per heavy atom. The van der Waals surface area contributed by atoms with Crippen LogP contribution >= 0.6 is 0 Å². The van der Waals surface area contributed by atoms with Crippen molar-refractivity contribution in [2.24, 2.45) is 5.92 Å². The molecule has 1 saturated heterocycles. The van der Waals surface area contributed by atoms with Crippen molar-refractivity contribution in [3.63, 3.8) is 0 Å². The average molecular weight is 230 g/mol. The maximum Gasteiger partial charge on any atom is 0.361 e. The molecule has 0 aromatic heterocycles. The van der Waals surface area contributed by atoms with Gasteiger partial charge in [-0.05, 0) is 6.92 Å². The van der Waals surface area contributed by atoms with Crippen LogP contribution in [0.4, 0.5) is 0 Å². The second-order valence-electron chi connectivity index (χ2n) is 4.03. The monoisotopic (exact) mass is 230 g/mol. The van der Waals surface area contributed by atoms with Gasteiger partial charge in [0.15, 0.2) is 6.54 Å². The van der Waals surface area contributed by atoms with Crippen LogP contribution in [0.15, 0.2) is 0 Å². The second-order valence-corrected chi connectivity index (χ2v) is 4.03. The molecule has 1 N–H and O–H groups in total. The van der Waals surface area contributed by atoms with E-state index in [9.17, 15) is 9.59 Å². The topological polar surface area (TPSA) is 57.0 Å². The molecule has 16 heavy (non-hydrogen) atoms. The van der Waals surface area contributed by atoms with Crippen LogP contribution in [0.5, 0.6) is 0 Å². The molecule has 0 unspecified atom stereocenters. The van der Waals surface area contributed by atoms with E-state index in [1.165, 1.54) is 12.0 Å². The van der Waals surface area contributed by atoms with Crippen molar-refractivity contribution in [3.8, 4) is 0 Å². The molecule has 1 aliphatic heterocycles. The van der Waals surface area contributed by atoms with Crippen molar-refractivity contribution in [2.75, 3.05) is 33.4 Å². The van der Waals surface area contributed by atoms with E-state index in [1.807, 2.05) is 0 Å². The van der Waals surface area contributed by atoms with E-state index >= 15 is 0 Å². The molecule has 0 aliphatic carbocycles. The van der Waals surface area contributed by atoms with Crippen molar-refractivity contribution in [2.45, 2.75) is 19.8 Å². The average Bonchev–Trinajstić information content (AvgIpc) is 2.29. The van der Waals surface area contributed by atoms with Gasteiger partial charge in [0.2, 0.25) is 0 Å². The summed E-state index contributed by atoms with van der Waals surface area (Å²) in [6.45, 7) is 4.30. The Kier molecular flexibility index (Phi) is 5.25. The molecule has 0 amide bonds. The van der Waals surface area contributed by atoms with E-state index in [1.54, 1.807) is 6.92 Å². The van der Waals surface area contributed by atoms with E-state index in [2.05, 4.69) is 0 Å². The first-order valence-corrected chi connectivity index (χ1v) is 5.74. The Labute approximate surface area is 95.7 Å². The molecule has 0 atom stereocenters. The molecule has 1 aliphatic rings. The van der Waals surface area contributed by atoms with Crippen molar-refractivity contribution in [1.29, 1.82) is 0 Å². The van der Waals surface area contributed by atoms with Gasteiger partial charge < -0.3 is 14.4 Å². The summed E-state index contributed by atoms with van der Waals surface area (Å²) in [5.41, 5.74) is 0. The van der Waals surface area contributed by atoms with E-state index in [-0.39, 0.29) is 17.9 Å². The molecule has 92 valence electrons. The SMILES string of the molecule is CCOC(=O)C[NH+]1CCC(C(=O)OC)CC1. The molecule has 0 aromatic rings. The van der Waals surface area contributed by atoms with Crippen molar-refractivity contribution in [3.05, 3.63) is 0 Å². The summed E-state index contributed by atoms with van der Waals surface area (Å²) in [7, 11) is 1.42. The summed E-state index contributed by atoms with van der Waals surface area (Å²) >= 11 is 0. The lowest BCUT2D eigenvalue weighted by Crippen LogP contribution is -3.14. The van der Waals surface area contributed by atoms with Gasteiger partial charge in [-0.2, -0.15) is 0 Å². The maximum absolute atomic E-state index is 11.3. The van der Waals surface area contributed by atoms with Gasteiger partial charge in [-0.3, -0.25) is 4.79 Å². The Bertz CT molecular complexity index is 246. The first kappa shape index (κ1) is 13.0. The fourth-order valence-electron chi connectivity index (χ4n) is 2.02. The van der Waals surface area contributed by atoms with Gasteiger partial charge in [0.05, 0.1) is 32.7 Å². The number of nitrogens with one attached hydrogen (secondary N) is 1. The number of piperidine rings is 1. The smallest absolute Gasteiger partial charge is 0.361 e. The molecule has 5 heteroatoms. The molecule has 0 bridgehead atoms.